The molecule has 5 rings (SSSR count). The maximum atomic E-state index is 13.2. The van der Waals surface area contributed by atoms with Crippen molar-refractivity contribution in [2.24, 2.45) is 39.7 Å². The van der Waals surface area contributed by atoms with Crippen molar-refractivity contribution in [2.45, 2.75) is 71.3 Å². The fourth-order valence-corrected chi connectivity index (χ4v) is 7.28. The Morgan fingerprint density at radius 1 is 1.00 bits per heavy atom. The standard InChI is InChI=1S/C22H32N2O3.C4H4O4/c1-21-7-3-4-15(21)18-16(6-8-21)22(2)9-5-13(24-27-14-11-23-12-14)10-17(22)19(25)20(18)26;5-3(6)1-2-4(7)8/h14-18,23H,3-12H2,1-2H3;1-2H,(H,5,6)(H,7,8)/b24-13+;2-1+/t15-,16-,17?,18-,21-,22+;/m0./s1. The van der Waals surface area contributed by atoms with Crippen molar-refractivity contribution in [2.75, 3.05) is 13.1 Å². The lowest BCUT2D eigenvalue weighted by atomic mass is 9.44. The number of oxime groups is 1. The number of carboxylic acid groups (broad SMARTS) is 2. The normalized spacial score (nSPS) is 39.7. The van der Waals surface area contributed by atoms with Gasteiger partial charge in [0.1, 0.15) is 0 Å². The lowest BCUT2D eigenvalue weighted by Crippen LogP contribution is -2.60. The van der Waals surface area contributed by atoms with E-state index in [1.165, 1.54) is 19.3 Å². The number of carbonyl (C=O) groups is 4. The predicted molar refractivity (Wildman–Crippen MR) is 127 cm³/mol. The van der Waals surface area contributed by atoms with Gasteiger partial charge in [-0.1, -0.05) is 25.4 Å². The maximum absolute atomic E-state index is 13.2. The highest BCUT2D eigenvalue weighted by molar-refractivity contribution is 6.40. The molecule has 9 nitrogen and oxygen atoms in total. The zero-order chi connectivity index (χ0) is 25.4. The number of ketones is 2. The first-order chi connectivity index (χ1) is 16.5. The van der Waals surface area contributed by atoms with Crippen LogP contribution in [-0.2, 0) is 24.0 Å². The summed E-state index contributed by atoms with van der Waals surface area (Å²) in [7, 11) is 0. The molecule has 1 heterocycles. The van der Waals surface area contributed by atoms with Crippen molar-refractivity contribution >= 4 is 29.2 Å². The molecule has 3 N–H and O–H groups in total. The second-order valence-corrected chi connectivity index (χ2v) is 11.4. The van der Waals surface area contributed by atoms with Crippen molar-refractivity contribution in [3.8, 4) is 0 Å². The van der Waals surface area contributed by atoms with E-state index >= 15 is 0 Å². The summed E-state index contributed by atoms with van der Waals surface area (Å²) in [5.41, 5.74) is 1.22. The zero-order valence-corrected chi connectivity index (χ0v) is 20.5. The average Bonchev–Trinajstić information content (AvgIpc) is 3.17. The summed E-state index contributed by atoms with van der Waals surface area (Å²) < 4.78 is 0. The first-order valence-electron chi connectivity index (χ1n) is 12.7. The molecule has 35 heavy (non-hydrogen) atoms. The van der Waals surface area contributed by atoms with E-state index in [0.29, 0.717) is 30.4 Å². The molecule has 0 aromatic heterocycles. The van der Waals surface area contributed by atoms with E-state index in [9.17, 15) is 19.2 Å². The first-order valence-corrected chi connectivity index (χ1v) is 12.7. The van der Waals surface area contributed by atoms with Crippen molar-refractivity contribution < 1.29 is 34.2 Å². The first kappa shape index (κ1) is 25.5. The van der Waals surface area contributed by atoms with Gasteiger partial charge in [-0.15, -0.1) is 0 Å². The topological polar surface area (TPSA) is 142 Å². The van der Waals surface area contributed by atoms with Crippen molar-refractivity contribution in [1.29, 1.82) is 0 Å². The van der Waals surface area contributed by atoms with Crippen LogP contribution in [0, 0.1) is 34.5 Å². The summed E-state index contributed by atoms with van der Waals surface area (Å²) in [5, 5.41) is 23.2. The lowest BCUT2D eigenvalue weighted by Gasteiger charge is -2.58. The molecule has 0 spiro atoms. The number of nitrogens with one attached hydrogen (secondary N) is 1. The highest BCUT2D eigenvalue weighted by Gasteiger charge is 2.63. The van der Waals surface area contributed by atoms with Crippen LogP contribution in [0.25, 0.3) is 0 Å². The van der Waals surface area contributed by atoms with Gasteiger partial charge in [-0.25, -0.2) is 9.59 Å². The van der Waals surface area contributed by atoms with Gasteiger partial charge in [0.25, 0.3) is 0 Å². The quantitative estimate of drug-likeness (QED) is 0.311. The minimum absolute atomic E-state index is 0.0178. The molecule has 0 bridgehead atoms. The van der Waals surface area contributed by atoms with Crippen molar-refractivity contribution in [3.63, 3.8) is 0 Å². The van der Waals surface area contributed by atoms with Gasteiger partial charge in [-0.05, 0) is 67.6 Å². The van der Waals surface area contributed by atoms with E-state index in [4.69, 9.17) is 15.1 Å². The van der Waals surface area contributed by atoms with Crippen LogP contribution < -0.4 is 5.32 Å². The molecule has 9 heteroatoms. The Morgan fingerprint density at radius 2 is 1.69 bits per heavy atom. The highest BCUT2D eigenvalue weighted by Crippen LogP contribution is 2.64. The summed E-state index contributed by atoms with van der Waals surface area (Å²) in [6, 6.07) is 0. The fraction of sp³-hybridized carbons (Fsp3) is 0.731. The molecule has 5 fully saturated rings. The van der Waals surface area contributed by atoms with Crippen molar-refractivity contribution in [3.05, 3.63) is 12.2 Å². The molecule has 1 saturated heterocycles. The SMILES string of the molecule is C[C@@]12CCC[C@H]1[C@@H]1C(=O)C(=O)C3C/C(=N/OC4CNC4)CC[C@]3(C)[C@H]1CC2.O=C(O)/C=C/C(=O)O. The lowest BCUT2D eigenvalue weighted by molar-refractivity contribution is -0.164. The minimum Gasteiger partial charge on any atom is -0.478 e. The van der Waals surface area contributed by atoms with E-state index < -0.39 is 11.9 Å². The largest absolute Gasteiger partial charge is 0.478 e. The molecule has 1 aliphatic heterocycles. The monoisotopic (exact) mass is 488 g/mol. The number of hydrogen-bond acceptors (Lipinski definition) is 7. The van der Waals surface area contributed by atoms with Gasteiger partial charge < -0.3 is 20.4 Å². The van der Waals surface area contributed by atoms with Gasteiger partial charge in [-0.3, -0.25) is 9.59 Å². The maximum Gasteiger partial charge on any atom is 0.328 e. The van der Waals surface area contributed by atoms with Crippen LogP contribution in [-0.4, -0.2) is 58.6 Å². The molecule has 4 aliphatic carbocycles. The third-order valence-corrected chi connectivity index (χ3v) is 9.39. The summed E-state index contributed by atoms with van der Waals surface area (Å²) in [6.07, 6.45) is 9.68. The van der Waals surface area contributed by atoms with Crippen LogP contribution in [0.1, 0.15) is 65.2 Å². The van der Waals surface area contributed by atoms with Gasteiger partial charge in [0.15, 0.2) is 6.10 Å². The molecule has 4 saturated carbocycles. The minimum atomic E-state index is -1.26. The van der Waals surface area contributed by atoms with E-state index in [2.05, 4.69) is 24.3 Å². The van der Waals surface area contributed by atoms with E-state index in [-0.39, 0.29) is 40.3 Å². The second-order valence-electron chi connectivity index (χ2n) is 11.4. The van der Waals surface area contributed by atoms with Gasteiger partial charge in [0.2, 0.25) is 11.6 Å². The second kappa shape index (κ2) is 9.84. The molecule has 0 radical (unpaired) electrons. The molecular weight excluding hydrogens is 452 g/mol. The van der Waals surface area contributed by atoms with Crippen molar-refractivity contribution in [1.82, 2.24) is 5.32 Å². The van der Waals surface area contributed by atoms with E-state index in [1.54, 1.807) is 0 Å². The Labute approximate surface area is 205 Å². The Hall–Kier alpha value is -2.55. The van der Waals surface area contributed by atoms with Crippen LogP contribution in [0.4, 0.5) is 0 Å². The number of nitrogens with zero attached hydrogens (tertiary/aromatic N) is 1. The smallest absolute Gasteiger partial charge is 0.328 e. The molecule has 0 amide bonds. The third-order valence-electron chi connectivity index (χ3n) is 9.39. The Morgan fingerprint density at radius 3 is 2.29 bits per heavy atom. The van der Waals surface area contributed by atoms with Crippen LogP contribution in [0.15, 0.2) is 17.3 Å². The summed E-state index contributed by atoms with van der Waals surface area (Å²) in [5.74, 6) is -2.07. The predicted octanol–water partition coefficient (Wildman–Crippen LogP) is 2.83. The van der Waals surface area contributed by atoms with Crippen LogP contribution >= 0.6 is 0 Å². The highest BCUT2D eigenvalue weighted by atomic mass is 16.6. The molecule has 5 aliphatic rings. The van der Waals surface area contributed by atoms with Gasteiger partial charge in [0.05, 0.1) is 5.71 Å². The molecule has 192 valence electrons. The number of Topliss-reactive ketones (excluding diaryl/α,β-unsaturated/α-hetero) is 2. The number of rotatable bonds is 4. The Kier molecular flexibility index (Phi) is 7.18. The molecule has 6 atom stereocenters. The summed E-state index contributed by atoms with van der Waals surface area (Å²) in [4.78, 5) is 51.2. The number of carbonyl (C=O) groups excluding carboxylic acids is 2. The van der Waals surface area contributed by atoms with E-state index in [0.717, 1.165) is 44.5 Å². The van der Waals surface area contributed by atoms with Gasteiger partial charge >= 0.3 is 11.9 Å². The van der Waals surface area contributed by atoms with Gasteiger partial charge in [-0.2, -0.15) is 0 Å². The van der Waals surface area contributed by atoms with Crippen LogP contribution in [0.2, 0.25) is 0 Å². The fourth-order valence-electron chi connectivity index (χ4n) is 7.28. The number of hydrogen-bond donors (Lipinski definition) is 3. The number of aliphatic carboxylic acids is 2. The van der Waals surface area contributed by atoms with Gasteiger partial charge in [0, 0.05) is 37.1 Å². The molecular formula is C26H36N2O7. The molecule has 1 unspecified atom stereocenters. The third kappa shape index (κ3) is 4.92. The average molecular weight is 489 g/mol. The zero-order valence-electron chi connectivity index (χ0n) is 20.5. The van der Waals surface area contributed by atoms with Crippen LogP contribution in [0.3, 0.4) is 0 Å². The Balaban J connectivity index is 0.000000314. The number of fused-ring (bicyclic) bond motifs is 5. The van der Waals surface area contributed by atoms with Crippen LogP contribution in [0.5, 0.6) is 0 Å². The molecule has 0 aromatic carbocycles. The van der Waals surface area contributed by atoms with E-state index in [1.807, 2.05) is 0 Å². The number of carboxylic acids is 2. The molecule has 0 aromatic rings. The summed E-state index contributed by atoms with van der Waals surface area (Å²) in [6.45, 7) is 6.36. The Bertz CT molecular complexity index is 939. The summed E-state index contributed by atoms with van der Waals surface area (Å²) >= 11 is 0.